The van der Waals surface area contributed by atoms with Crippen molar-refractivity contribution < 1.29 is 14.6 Å². The van der Waals surface area contributed by atoms with Gasteiger partial charge in [-0.1, -0.05) is 0 Å². The molecule has 6 nitrogen and oxygen atoms in total. The average molecular weight is 319 g/mol. The van der Waals surface area contributed by atoms with E-state index in [0.29, 0.717) is 23.3 Å². The van der Waals surface area contributed by atoms with Crippen LogP contribution in [0.3, 0.4) is 0 Å². The molecule has 0 bridgehead atoms. The monoisotopic (exact) mass is 319 g/mol. The maximum Gasteiger partial charge on any atom is 0.254 e. The fraction of sp³-hybridized carbons (Fsp3) is 0.647. The molecule has 3 rings (SSSR count). The standard InChI is InChI=1S/C17H25N3O3/c1-19(2)14-6-12-9-20(10-13(12)7-15(14)21)17(22)11-4-5-18-16(8-11)23-3/h4-5,8,12-15,21H,6-7,9-10H2,1-3H3/t12-,13+,14-,15-/m1/s1. The highest BCUT2D eigenvalue weighted by Crippen LogP contribution is 2.38. The van der Waals surface area contributed by atoms with Crippen molar-refractivity contribution in [3.05, 3.63) is 23.9 Å². The lowest BCUT2D eigenvalue weighted by Crippen LogP contribution is -2.46. The molecule has 1 amide bonds. The first-order chi connectivity index (χ1) is 11.0. The van der Waals surface area contributed by atoms with Crippen LogP contribution in [0.5, 0.6) is 5.88 Å². The van der Waals surface area contributed by atoms with Gasteiger partial charge in [-0.05, 0) is 44.8 Å². The second-order valence-corrected chi connectivity index (χ2v) is 6.89. The summed E-state index contributed by atoms with van der Waals surface area (Å²) in [6, 6.07) is 3.60. The van der Waals surface area contributed by atoms with Gasteiger partial charge in [0.25, 0.3) is 5.91 Å². The van der Waals surface area contributed by atoms with E-state index >= 15 is 0 Å². The van der Waals surface area contributed by atoms with E-state index in [9.17, 15) is 9.90 Å². The molecule has 2 aliphatic rings. The molecule has 0 spiro atoms. The van der Waals surface area contributed by atoms with Crippen LogP contribution in [-0.2, 0) is 0 Å². The molecule has 4 atom stereocenters. The number of pyridine rings is 1. The van der Waals surface area contributed by atoms with Gasteiger partial charge < -0.3 is 19.6 Å². The van der Waals surface area contributed by atoms with E-state index in [1.54, 1.807) is 25.4 Å². The zero-order valence-electron chi connectivity index (χ0n) is 14.0. The van der Waals surface area contributed by atoms with E-state index in [4.69, 9.17) is 4.74 Å². The van der Waals surface area contributed by atoms with Gasteiger partial charge in [0.2, 0.25) is 5.88 Å². The molecular weight excluding hydrogens is 294 g/mol. The number of methoxy groups -OCH3 is 1. The van der Waals surface area contributed by atoms with Gasteiger partial charge in [-0.2, -0.15) is 0 Å². The van der Waals surface area contributed by atoms with Crippen molar-refractivity contribution in [3.63, 3.8) is 0 Å². The van der Waals surface area contributed by atoms with Crippen LogP contribution in [0.4, 0.5) is 0 Å². The average Bonchev–Trinajstić information content (AvgIpc) is 2.95. The van der Waals surface area contributed by atoms with Crippen LogP contribution >= 0.6 is 0 Å². The third-order valence-corrected chi connectivity index (χ3v) is 5.25. The van der Waals surface area contributed by atoms with Crippen molar-refractivity contribution in [1.82, 2.24) is 14.8 Å². The fourth-order valence-corrected chi connectivity index (χ4v) is 3.96. The lowest BCUT2D eigenvalue weighted by atomic mass is 9.77. The summed E-state index contributed by atoms with van der Waals surface area (Å²) in [4.78, 5) is 20.8. The molecule has 23 heavy (non-hydrogen) atoms. The van der Waals surface area contributed by atoms with E-state index < -0.39 is 0 Å². The molecule has 1 aromatic heterocycles. The minimum atomic E-state index is -0.303. The highest BCUT2D eigenvalue weighted by Gasteiger charge is 2.43. The Morgan fingerprint density at radius 3 is 2.70 bits per heavy atom. The maximum atomic E-state index is 12.7. The summed E-state index contributed by atoms with van der Waals surface area (Å²) in [7, 11) is 5.56. The van der Waals surface area contributed by atoms with Crippen molar-refractivity contribution in [2.45, 2.75) is 25.0 Å². The Morgan fingerprint density at radius 1 is 1.35 bits per heavy atom. The molecule has 126 valence electrons. The number of rotatable bonds is 3. The number of hydrogen-bond acceptors (Lipinski definition) is 5. The summed E-state index contributed by atoms with van der Waals surface area (Å²) in [5, 5.41) is 10.3. The van der Waals surface area contributed by atoms with Gasteiger partial charge in [0.15, 0.2) is 0 Å². The van der Waals surface area contributed by atoms with Crippen molar-refractivity contribution >= 4 is 5.91 Å². The van der Waals surface area contributed by atoms with E-state index in [1.807, 2.05) is 19.0 Å². The number of amides is 1. The van der Waals surface area contributed by atoms with Crippen LogP contribution in [-0.4, -0.2) is 72.2 Å². The number of likely N-dealkylation sites (N-methyl/N-ethyl adjacent to an activating group) is 1. The van der Waals surface area contributed by atoms with Crippen LogP contribution in [0.25, 0.3) is 0 Å². The van der Waals surface area contributed by atoms with Gasteiger partial charge in [-0.25, -0.2) is 4.98 Å². The van der Waals surface area contributed by atoms with Gasteiger partial charge in [0.1, 0.15) is 0 Å². The third kappa shape index (κ3) is 3.19. The number of nitrogens with zero attached hydrogens (tertiary/aromatic N) is 3. The molecule has 1 aliphatic heterocycles. The lowest BCUT2D eigenvalue weighted by Gasteiger charge is -2.38. The van der Waals surface area contributed by atoms with Crippen LogP contribution in [0, 0.1) is 11.8 Å². The number of aliphatic hydroxyl groups is 1. The smallest absolute Gasteiger partial charge is 0.254 e. The molecule has 1 aliphatic carbocycles. The normalized spacial score (nSPS) is 30.4. The number of ether oxygens (including phenoxy) is 1. The van der Waals surface area contributed by atoms with Gasteiger partial charge >= 0.3 is 0 Å². The zero-order valence-corrected chi connectivity index (χ0v) is 14.0. The van der Waals surface area contributed by atoms with E-state index in [2.05, 4.69) is 9.88 Å². The summed E-state index contributed by atoms with van der Waals surface area (Å²) < 4.78 is 5.10. The first-order valence-electron chi connectivity index (χ1n) is 8.13. The largest absolute Gasteiger partial charge is 0.481 e. The predicted molar refractivity (Wildman–Crippen MR) is 86.4 cm³/mol. The Hall–Kier alpha value is -1.66. The highest BCUT2D eigenvalue weighted by molar-refractivity contribution is 5.94. The molecule has 1 N–H and O–H groups in total. The molecule has 2 heterocycles. The van der Waals surface area contributed by atoms with Crippen molar-refractivity contribution in [3.8, 4) is 5.88 Å². The first-order valence-corrected chi connectivity index (χ1v) is 8.13. The third-order valence-electron chi connectivity index (χ3n) is 5.25. The highest BCUT2D eigenvalue weighted by atomic mass is 16.5. The topological polar surface area (TPSA) is 65.9 Å². The quantitative estimate of drug-likeness (QED) is 0.895. The molecule has 6 heteroatoms. The summed E-state index contributed by atoms with van der Waals surface area (Å²) in [5.74, 6) is 1.35. The Bertz CT molecular complexity index is 578. The van der Waals surface area contributed by atoms with Crippen molar-refractivity contribution in [2.24, 2.45) is 11.8 Å². The van der Waals surface area contributed by atoms with E-state index in [-0.39, 0.29) is 18.1 Å². The Balaban J connectivity index is 1.70. The Kier molecular flexibility index (Phi) is 4.55. The van der Waals surface area contributed by atoms with Crippen LogP contribution < -0.4 is 4.74 Å². The molecule has 0 unspecified atom stereocenters. The zero-order chi connectivity index (χ0) is 16.6. The SMILES string of the molecule is COc1cc(C(=O)N2C[C@H]3C[C@@H](N(C)C)[C@H](O)C[C@H]3C2)ccn1. The number of fused-ring (bicyclic) bond motifs is 1. The van der Waals surface area contributed by atoms with Crippen molar-refractivity contribution in [1.29, 1.82) is 0 Å². The molecule has 1 saturated heterocycles. The van der Waals surface area contributed by atoms with Gasteiger partial charge in [-0.15, -0.1) is 0 Å². The first kappa shape index (κ1) is 16.2. The van der Waals surface area contributed by atoms with E-state index in [1.165, 1.54) is 0 Å². The Labute approximate surface area is 137 Å². The molecule has 0 aromatic carbocycles. The maximum absolute atomic E-state index is 12.7. The second-order valence-electron chi connectivity index (χ2n) is 6.89. The second kappa shape index (κ2) is 6.45. The van der Waals surface area contributed by atoms with Crippen LogP contribution in [0.2, 0.25) is 0 Å². The summed E-state index contributed by atoms with van der Waals surface area (Å²) in [5.41, 5.74) is 0.611. The Morgan fingerprint density at radius 2 is 2.04 bits per heavy atom. The molecule has 0 radical (unpaired) electrons. The molecule has 1 saturated carbocycles. The summed E-state index contributed by atoms with van der Waals surface area (Å²) in [6.45, 7) is 1.50. The number of hydrogen-bond donors (Lipinski definition) is 1. The van der Waals surface area contributed by atoms with Gasteiger partial charge in [0.05, 0.1) is 13.2 Å². The van der Waals surface area contributed by atoms with Gasteiger partial charge in [-0.3, -0.25) is 4.79 Å². The van der Waals surface area contributed by atoms with Crippen molar-refractivity contribution in [2.75, 3.05) is 34.3 Å². The fourth-order valence-electron chi connectivity index (χ4n) is 3.96. The summed E-state index contributed by atoms with van der Waals surface area (Å²) in [6.07, 6.45) is 3.02. The summed E-state index contributed by atoms with van der Waals surface area (Å²) >= 11 is 0. The predicted octanol–water partition coefficient (Wildman–Crippen LogP) is 0.863. The number of carbonyl (C=O) groups excluding carboxylic acids is 1. The number of likely N-dealkylation sites (tertiary alicyclic amines) is 1. The number of aliphatic hydroxyl groups excluding tert-OH is 1. The minimum absolute atomic E-state index is 0.0241. The molecule has 1 aromatic rings. The van der Waals surface area contributed by atoms with Crippen LogP contribution in [0.15, 0.2) is 18.3 Å². The van der Waals surface area contributed by atoms with Crippen LogP contribution in [0.1, 0.15) is 23.2 Å². The number of carbonyl (C=O) groups is 1. The van der Waals surface area contributed by atoms with Gasteiger partial charge in [0, 0.05) is 37.0 Å². The molecular formula is C17H25N3O3. The van der Waals surface area contributed by atoms with E-state index in [0.717, 1.165) is 25.9 Å². The minimum Gasteiger partial charge on any atom is -0.481 e. The molecule has 2 fully saturated rings. The number of aromatic nitrogens is 1. The lowest BCUT2D eigenvalue weighted by molar-refractivity contribution is 0.00940.